The summed E-state index contributed by atoms with van der Waals surface area (Å²) in [5.41, 5.74) is 6.38. The molecular formula is C32H40SiZr-4. The molecule has 0 spiro atoms. The van der Waals surface area contributed by atoms with Gasteiger partial charge in [-0.1, -0.05) is 66.2 Å². The Morgan fingerprint density at radius 3 is 0.941 bits per heavy atom. The summed E-state index contributed by atoms with van der Waals surface area (Å²) < 4.78 is 0. The van der Waals surface area contributed by atoms with Gasteiger partial charge in [-0.05, 0) is 0 Å². The second kappa shape index (κ2) is 17.6. The first kappa shape index (κ1) is 32.2. The summed E-state index contributed by atoms with van der Waals surface area (Å²) in [7, 11) is 0. The van der Waals surface area contributed by atoms with Crippen LogP contribution in [-0.2, 0) is 34.2 Å². The molecule has 4 aromatic rings. The molecule has 0 unspecified atom stereocenters. The molecule has 4 aromatic carbocycles. The number of benzene rings is 2. The van der Waals surface area contributed by atoms with Crippen molar-refractivity contribution in [2.45, 2.75) is 66.2 Å². The van der Waals surface area contributed by atoms with E-state index in [1.807, 2.05) is 60.7 Å². The Balaban J connectivity index is 0.000000427. The summed E-state index contributed by atoms with van der Waals surface area (Å²) in [4.78, 5) is 0. The molecule has 0 amide bonds. The van der Waals surface area contributed by atoms with E-state index >= 15 is 0 Å². The molecule has 34 heavy (non-hydrogen) atoms. The van der Waals surface area contributed by atoms with E-state index in [1.54, 1.807) is 0 Å². The fourth-order valence-electron chi connectivity index (χ4n) is 3.39. The predicted octanol–water partition coefficient (Wildman–Crippen LogP) is 8.61. The molecule has 0 nitrogen and oxygen atoms in total. The van der Waals surface area contributed by atoms with Crippen molar-refractivity contribution >= 4 is 6.88 Å². The zero-order valence-electron chi connectivity index (χ0n) is 22.2. The first-order valence-electron chi connectivity index (χ1n) is 11.6. The summed E-state index contributed by atoms with van der Waals surface area (Å²) in [6, 6.07) is 38.0. The van der Waals surface area contributed by atoms with Crippen LogP contribution in [0.25, 0.3) is 0 Å². The number of aryl methyl sites for hydroxylation is 2. The van der Waals surface area contributed by atoms with Crippen molar-refractivity contribution in [3.8, 4) is 0 Å². The van der Waals surface area contributed by atoms with Gasteiger partial charge in [0, 0.05) is 0 Å². The number of hydrogen-bond acceptors (Lipinski definition) is 0. The molecule has 2 heteroatoms. The van der Waals surface area contributed by atoms with E-state index in [0.29, 0.717) is 10.8 Å². The van der Waals surface area contributed by atoms with Crippen molar-refractivity contribution < 1.29 is 23.3 Å². The van der Waals surface area contributed by atoms with Crippen LogP contribution >= 0.6 is 0 Å². The molecule has 0 aliphatic carbocycles. The molecule has 180 valence electrons. The van der Waals surface area contributed by atoms with E-state index in [2.05, 4.69) is 111 Å². The molecule has 0 fully saturated rings. The minimum Gasteiger partial charge on any atom is -0.184 e. The third kappa shape index (κ3) is 14.5. The van der Waals surface area contributed by atoms with Crippen LogP contribution in [0, 0.1) is 26.0 Å². The van der Waals surface area contributed by atoms with Crippen molar-refractivity contribution in [2.24, 2.45) is 0 Å². The quantitative estimate of drug-likeness (QED) is 0.154. The third-order valence-electron chi connectivity index (χ3n) is 4.90. The van der Waals surface area contributed by atoms with Gasteiger partial charge in [0.2, 0.25) is 0 Å². The zero-order chi connectivity index (χ0) is 26.0. The van der Waals surface area contributed by atoms with Crippen molar-refractivity contribution in [1.29, 1.82) is 0 Å². The van der Waals surface area contributed by atoms with E-state index in [-0.39, 0.29) is 0 Å². The predicted molar refractivity (Wildman–Crippen MR) is 147 cm³/mol. The molecule has 0 saturated carbocycles. The molecule has 2 radical (unpaired) electrons. The minimum atomic E-state index is 0.313. The van der Waals surface area contributed by atoms with Crippen molar-refractivity contribution in [1.82, 2.24) is 0 Å². The fraction of sp³-hybridized carbons (Fsp3) is 0.312. The Morgan fingerprint density at radius 1 is 0.559 bits per heavy atom. The Bertz CT molecular complexity index is 832. The summed E-state index contributed by atoms with van der Waals surface area (Å²) in [5, 5.41) is 0. The van der Waals surface area contributed by atoms with Crippen LogP contribution in [0.1, 0.15) is 63.8 Å². The van der Waals surface area contributed by atoms with E-state index in [9.17, 15) is 0 Å². The van der Waals surface area contributed by atoms with E-state index in [1.165, 1.54) is 45.6 Å². The van der Waals surface area contributed by atoms with Crippen molar-refractivity contribution in [3.05, 3.63) is 131 Å². The Labute approximate surface area is 226 Å². The van der Waals surface area contributed by atoms with Gasteiger partial charge in [-0.25, -0.2) is 24.3 Å². The van der Waals surface area contributed by atoms with Gasteiger partial charge in [0.15, 0.2) is 0 Å². The normalized spacial score (nSPS) is 9.97. The van der Waals surface area contributed by atoms with Crippen LogP contribution in [0.15, 0.2) is 97.1 Å². The van der Waals surface area contributed by atoms with Gasteiger partial charge >= 0.3 is 30.2 Å². The smallest absolute Gasteiger partial charge is 0.171 e. The summed E-state index contributed by atoms with van der Waals surface area (Å²) in [6.45, 7) is 20.9. The van der Waals surface area contributed by atoms with Crippen LogP contribution in [0.2, 0.25) is 0 Å². The maximum atomic E-state index is 3.06. The van der Waals surface area contributed by atoms with Gasteiger partial charge in [0.05, 0.1) is 0 Å². The summed E-state index contributed by atoms with van der Waals surface area (Å²) in [6.07, 6.45) is 0. The van der Waals surface area contributed by atoms with Gasteiger partial charge in [-0.2, -0.15) is 96.1 Å². The van der Waals surface area contributed by atoms with Crippen molar-refractivity contribution in [2.75, 3.05) is 0 Å². The van der Waals surface area contributed by atoms with Crippen LogP contribution in [0.5, 0.6) is 0 Å². The topological polar surface area (TPSA) is 0 Å². The molecule has 0 atom stereocenters. The molecule has 4 rings (SSSR count). The molecule has 0 saturated heterocycles. The monoisotopic (exact) mass is 542 g/mol. The number of hydrogen-bond donors (Lipinski definition) is 0. The molecular weight excluding hydrogens is 504 g/mol. The summed E-state index contributed by atoms with van der Waals surface area (Å²) in [5.74, 6) is 0. The van der Waals surface area contributed by atoms with Gasteiger partial charge in [0.25, 0.3) is 0 Å². The molecule has 0 bridgehead atoms. The van der Waals surface area contributed by atoms with Crippen LogP contribution in [0.3, 0.4) is 0 Å². The largest absolute Gasteiger partial charge is 0.184 e. The van der Waals surface area contributed by atoms with Gasteiger partial charge < -0.3 is 0 Å². The number of rotatable bonds is 0. The molecule has 0 aliphatic rings. The average Bonchev–Trinajstić information content (AvgIpc) is 3.47. The Morgan fingerprint density at radius 2 is 0.853 bits per heavy atom. The standard InChI is InChI=1S/2C10H15.2C6H5.Si.Zr/c2*1-8-6-5-7-9(8)10(2,3)4;2*1-2-4-6-5-3-1;;/h2*5-7H,1-4H3;2*1-5H;;/q4*-1;;. The maximum absolute atomic E-state index is 3.06. The van der Waals surface area contributed by atoms with Gasteiger partial charge in [-0.3, -0.25) is 0 Å². The first-order valence-corrected chi connectivity index (χ1v) is 15.7. The van der Waals surface area contributed by atoms with Crippen molar-refractivity contribution in [3.63, 3.8) is 0 Å². The molecule has 0 aliphatic heterocycles. The molecule has 0 aromatic heterocycles. The average molecular weight is 544 g/mol. The van der Waals surface area contributed by atoms with Gasteiger partial charge in [0.1, 0.15) is 0 Å². The second-order valence-electron chi connectivity index (χ2n) is 9.90. The zero-order valence-corrected chi connectivity index (χ0v) is 25.7. The first-order chi connectivity index (χ1) is 16.0. The van der Waals surface area contributed by atoms with Gasteiger partial charge in [-0.15, -0.1) is 11.1 Å². The van der Waals surface area contributed by atoms with Crippen LogP contribution < -0.4 is 0 Å². The SMILES string of the molecule is Cc1ccc[c-]1C(C)(C)C.Cc1ccc[c-]1C(C)(C)C.[Si]=[Zr].[c-]1ccccc1.[c-]1ccccc1. The third-order valence-corrected chi connectivity index (χ3v) is 4.90. The second-order valence-corrected chi connectivity index (χ2v) is 9.90. The summed E-state index contributed by atoms with van der Waals surface area (Å²) >= 11 is 1.36. The minimum absolute atomic E-state index is 0.313. The van der Waals surface area contributed by atoms with E-state index in [4.69, 9.17) is 0 Å². The van der Waals surface area contributed by atoms with E-state index < -0.39 is 0 Å². The van der Waals surface area contributed by atoms with Crippen LogP contribution in [-0.4, -0.2) is 6.88 Å². The van der Waals surface area contributed by atoms with E-state index in [0.717, 1.165) is 0 Å². The van der Waals surface area contributed by atoms with Crippen LogP contribution in [0.4, 0.5) is 0 Å². The Hall–Kier alpha value is -1.76. The Kier molecular flexibility index (Phi) is 16.7. The molecule has 0 heterocycles. The maximum Gasteiger partial charge on any atom is -0.171 e. The molecule has 0 N–H and O–H groups in total. The fourth-order valence-corrected chi connectivity index (χ4v) is 3.39.